The van der Waals surface area contributed by atoms with Gasteiger partial charge in [-0.15, -0.1) is 0 Å². The van der Waals surface area contributed by atoms with Crippen molar-refractivity contribution in [3.8, 4) is 0 Å². The van der Waals surface area contributed by atoms with Gasteiger partial charge in [0.15, 0.2) is 5.13 Å². The lowest BCUT2D eigenvalue weighted by Gasteiger charge is -2.23. The summed E-state index contributed by atoms with van der Waals surface area (Å²) in [5.41, 5.74) is 0.803. The fourth-order valence-electron chi connectivity index (χ4n) is 3.62. The smallest absolute Gasteiger partial charge is 0.350 e. The Morgan fingerprint density at radius 3 is 2.44 bits per heavy atom. The van der Waals surface area contributed by atoms with Crippen LogP contribution in [0.1, 0.15) is 39.5 Å². The summed E-state index contributed by atoms with van der Waals surface area (Å²) in [6, 6.07) is 10.3. The van der Waals surface area contributed by atoms with Crippen molar-refractivity contribution in [1.82, 2.24) is 4.98 Å². The van der Waals surface area contributed by atoms with Crippen LogP contribution in [0, 0.1) is 12.7 Å². The van der Waals surface area contributed by atoms with Gasteiger partial charge in [0.05, 0.1) is 23.9 Å². The maximum absolute atomic E-state index is 13.4. The number of ketones is 1. The molecule has 1 fully saturated rings. The van der Waals surface area contributed by atoms with Crippen LogP contribution in [0.25, 0.3) is 5.76 Å². The van der Waals surface area contributed by atoms with Gasteiger partial charge in [-0.3, -0.25) is 14.5 Å². The summed E-state index contributed by atoms with van der Waals surface area (Å²) in [6.07, 6.45) is 0. The summed E-state index contributed by atoms with van der Waals surface area (Å²) in [5.74, 6) is -3.43. The van der Waals surface area contributed by atoms with E-state index < -0.39 is 35.3 Å². The Balaban J connectivity index is 1.90. The van der Waals surface area contributed by atoms with Crippen molar-refractivity contribution >= 4 is 51.5 Å². The predicted octanol–water partition coefficient (Wildman–Crippen LogP) is 5.05. The lowest BCUT2D eigenvalue weighted by Crippen LogP contribution is -2.29. The molecule has 0 spiro atoms. The number of halogens is 2. The summed E-state index contributed by atoms with van der Waals surface area (Å²) in [6.45, 7) is 3.43. The third-order valence-electron chi connectivity index (χ3n) is 5.20. The second-order valence-corrected chi connectivity index (χ2v) is 8.77. The highest BCUT2D eigenvalue weighted by atomic mass is 35.5. The molecule has 7 nitrogen and oxygen atoms in total. The first-order valence-corrected chi connectivity index (χ1v) is 11.4. The minimum Gasteiger partial charge on any atom is -0.507 e. The molecule has 1 N–H and O–H groups in total. The average molecular weight is 501 g/mol. The Kier molecular flexibility index (Phi) is 6.49. The number of anilines is 1. The van der Waals surface area contributed by atoms with Crippen molar-refractivity contribution < 1.29 is 28.6 Å². The van der Waals surface area contributed by atoms with E-state index in [0.29, 0.717) is 16.3 Å². The Morgan fingerprint density at radius 2 is 1.82 bits per heavy atom. The van der Waals surface area contributed by atoms with E-state index >= 15 is 0 Å². The van der Waals surface area contributed by atoms with Gasteiger partial charge < -0.3 is 9.84 Å². The topological polar surface area (TPSA) is 96.8 Å². The third kappa shape index (κ3) is 4.20. The van der Waals surface area contributed by atoms with Crippen molar-refractivity contribution in [2.45, 2.75) is 19.9 Å². The van der Waals surface area contributed by atoms with E-state index in [1.165, 1.54) is 12.1 Å². The van der Waals surface area contributed by atoms with Crippen molar-refractivity contribution in [1.29, 1.82) is 0 Å². The van der Waals surface area contributed by atoms with E-state index in [-0.39, 0.29) is 27.8 Å². The zero-order chi connectivity index (χ0) is 24.6. The number of aliphatic hydroxyl groups is 1. The number of Topliss-reactive ketones (excluding diaryl/α,β-unsaturated/α-hetero) is 1. The van der Waals surface area contributed by atoms with Crippen molar-refractivity contribution in [3.05, 3.63) is 86.6 Å². The van der Waals surface area contributed by atoms with Gasteiger partial charge in [-0.05, 0) is 55.8 Å². The van der Waals surface area contributed by atoms with Crippen LogP contribution >= 0.6 is 22.9 Å². The molecule has 174 valence electrons. The van der Waals surface area contributed by atoms with Crippen LogP contribution in [-0.2, 0) is 14.3 Å². The van der Waals surface area contributed by atoms with E-state index in [2.05, 4.69) is 4.98 Å². The van der Waals surface area contributed by atoms with E-state index in [1.54, 1.807) is 38.1 Å². The van der Waals surface area contributed by atoms with Gasteiger partial charge >= 0.3 is 11.9 Å². The van der Waals surface area contributed by atoms with Gasteiger partial charge in [-0.2, -0.15) is 0 Å². The SMILES string of the molecule is CCOC(=O)c1sc(N2C(=O)C(=O)C(=C(O)c3ccc(F)cc3)[C@@H]2c2ccc(Cl)cc2)nc1C. The number of rotatable bonds is 5. The first-order valence-electron chi connectivity index (χ1n) is 10.2. The Hall–Kier alpha value is -3.56. The molecule has 0 radical (unpaired) electrons. The van der Waals surface area contributed by atoms with Gasteiger partial charge in [0.1, 0.15) is 16.5 Å². The fourth-order valence-corrected chi connectivity index (χ4v) is 4.74. The van der Waals surface area contributed by atoms with Gasteiger partial charge in [-0.1, -0.05) is 35.1 Å². The van der Waals surface area contributed by atoms with Gasteiger partial charge in [0, 0.05) is 10.6 Å². The molecular formula is C24H18ClFN2O5S. The van der Waals surface area contributed by atoms with Crippen LogP contribution in [-0.4, -0.2) is 34.4 Å². The van der Waals surface area contributed by atoms with Gasteiger partial charge in [-0.25, -0.2) is 14.2 Å². The van der Waals surface area contributed by atoms with Gasteiger partial charge in [0.25, 0.3) is 5.78 Å². The zero-order valence-electron chi connectivity index (χ0n) is 18.0. The van der Waals surface area contributed by atoms with Crippen LogP contribution in [0.4, 0.5) is 9.52 Å². The van der Waals surface area contributed by atoms with Gasteiger partial charge in [0.2, 0.25) is 0 Å². The number of hydrogen-bond acceptors (Lipinski definition) is 7. The molecule has 34 heavy (non-hydrogen) atoms. The lowest BCUT2D eigenvalue weighted by atomic mass is 9.95. The highest BCUT2D eigenvalue weighted by molar-refractivity contribution is 7.17. The molecule has 1 aliphatic rings. The zero-order valence-corrected chi connectivity index (χ0v) is 19.6. The van der Waals surface area contributed by atoms with Crippen molar-refractivity contribution in [2.24, 2.45) is 0 Å². The van der Waals surface area contributed by atoms with Crippen molar-refractivity contribution in [2.75, 3.05) is 11.5 Å². The van der Waals surface area contributed by atoms with Crippen molar-refractivity contribution in [3.63, 3.8) is 0 Å². The molecular weight excluding hydrogens is 483 g/mol. The molecule has 1 aliphatic heterocycles. The molecule has 0 aliphatic carbocycles. The highest BCUT2D eigenvalue weighted by Crippen LogP contribution is 2.44. The number of benzene rings is 2. The standard InChI is InChI=1S/C24H18ClFN2O5S/c1-3-33-23(32)21-12(2)27-24(34-21)28-18(13-4-8-15(25)9-5-13)17(20(30)22(28)31)19(29)14-6-10-16(26)11-7-14/h4-11,18,29H,3H2,1-2H3/t18-/m0/s1. The van der Waals surface area contributed by atoms with E-state index in [9.17, 15) is 23.9 Å². The molecule has 10 heteroatoms. The Labute approximate surface area is 203 Å². The summed E-state index contributed by atoms with van der Waals surface area (Å²) < 4.78 is 18.5. The third-order valence-corrected chi connectivity index (χ3v) is 6.59. The molecule has 1 atom stereocenters. The number of hydrogen-bond donors (Lipinski definition) is 1. The van der Waals surface area contributed by atoms with E-state index in [1.807, 2.05) is 0 Å². The molecule has 1 saturated heterocycles. The number of aromatic nitrogens is 1. The van der Waals surface area contributed by atoms with Crippen LogP contribution in [0.3, 0.4) is 0 Å². The van der Waals surface area contributed by atoms with Crippen LogP contribution < -0.4 is 4.90 Å². The number of thiazole rings is 1. The second kappa shape index (κ2) is 9.36. The Bertz CT molecular complexity index is 1320. The fraction of sp³-hybridized carbons (Fsp3) is 0.167. The number of esters is 1. The highest BCUT2D eigenvalue weighted by Gasteiger charge is 2.48. The number of nitrogens with zero attached hydrogens (tertiary/aromatic N) is 2. The summed E-state index contributed by atoms with van der Waals surface area (Å²) in [4.78, 5) is 44.3. The summed E-state index contributed by atoms with van der Waals surface area (Å²) in [7, 11) is 0. The molecule has 2 heterocycles. The van der Waals surface area contributed by atoms with Crippen LogP contribution in [0.15, 0.2) is 54.1 Å². The summed E-state index contributed by atoms with van der Waals surface area (Å²) in [5, 5.41) is 11.5. The lowest BCUT2D eigenvalue weighted by molar-refractivity contribution is -0.132. The number of amides is 1. The molecule has 0 unspecified atom stereocenters. The number of aryl methyl sites for hydroxylation is 1. The maximum Gasteiger partial charge on any atom is 0.350 e. The quantitative estimate of drug-likeness (QED) is 0.228. The molecule has 3 aromatic rings. The number of ether oxygens (including phenoxy) is 1. The number of carbonyl (C=O) groups excluding carboxylic acids is 3. The largest absolute Gasteiger partial charge is 0.507 e. The minimum absolute atomic E-state index is 0.0979. The van der Waals surface area contributed by atoms with Crippen LogP contribution in [0.2, 0.25) is 5.02 Å². The molecule has 0 bridgehead atoms. The normalized spacial score (nSPS) is 17.3. The molecule has 2 aromatic carbocycles. The minimum atomic E-state index is -1.05. The van der Waals surface area contributed by atoms with E-state index in [0.717, 1.165) is 28.4 Å². The first kappa shape index (κ1) is 23.6. The average Bonchev–Trinajstić information content (AvgIpc) is 3.31. The number of carbonyl (C=O) groups is 3. The monoisotopic (exact) mass is 500 g/mol. The Morgan fingerprint density at radius 1 is 1.18 bits per heavy atom. The molecule has 4 rings (SSSR count). The molecule has 1 amide bonds. The second-order valence-electron chi connectivity index (χ2n) is 7.36. The molecule has 0 saturated carbocycles. The number of aliphatic hydroxyl groups excluding tert-OH is 1. The van der Waals surface area contributed by atoms with Crippen LogP contribution in [0.5, 0.6) is 0 Å². The predicted molar refractivity (Wildman–Crippen MR) is 125 cm³/mol. The first-order chi connectivity index (χ1) is 16.2. The summed E-state index contributed by atoms with van der Waals surface area (Å²) >= 11 is 6.93. The maximum atomic E-state index is 13.4. The van der Waals surface area contributed by atoms with E-state index in [4.69, 9.17) is 16.3 Å². The molecule has 1 aromatic heterocycles.